The molecule has 0 radical (unpaired) electrons. The third-order valence-electron chi connectivity index (χ3n) is 2.12. The van der Waals surface area contributed by atoms with Crippen LogP contribution in [0.2, 0.25) is 0 Å². The number of nitro groups is 1. The number of nitrogens with two attached hydrogens (primary N) is 1. The number of non-ortho nitro benzene ring substituents is 1. The number of anilines is 2. The normalized spacial score (nSPS) is 9.67. The molecule has 0 fully saturated rings. The predicted molar refractivity (Wildman–Crippen MR) is 68.1 cm³/mol. The number of nitrogen functional groups attached to an aromatic ring is 1. The van der Waals surface area contributed by atoms with E-state index in [0.717, 1.165) is 0 Å². The van der Waals surface area contributed by atoms with Gasteiger partial charge in [-0.15, -0.1) is 0 Å². The number of benzene rings is 1. The van der Waals surface area contributed by atoms with Crippen LogP contribution in [-0.2, 0) is 4.79 Å². The van der Waals surface area contributed by atoms with Crippen LogP contribution in [-0.4, -0.2) is 23.9 Å². The largest absolute Gasteiger partial charge is 0.383 e. The smallest absolute Gasteiger partial charge is 0.273 e. The van der Waals surface area contributed by atoms with Crippen molar-refractivity contribution in [3.8, 4) is 0 Å². The molecule has 0 saturated carbocycles. The van der Waals surface area contributed by atoms with Gasteiger partial charge in [0.15, 0.2) is 0 Å². The lowest BCUT2D eigenvalue weighted by molar-refractivity contribution is -0.384. The van der Waals surface area contributed by atoms with Crippen LogP contribution in [0, 0.1) is 10.1 Å². The molecular weight excluding hydrogens is 238 g/mol. The number of nitrogens with zero attached hydrogens (tertiary/aromatic N) is 1. The van der Waals surface area contributed by atoms with E-state index in [-0.39, 0.29) is 11.6 Å². The lowest BCUT2D eigenvalue weighted by atomic mass is 10.2. The standard InChI is InChI=1S/C10H15N5O3/c1-7(16)12-2-3-13-8-4-9(14-11)6-10(5-8)15(17)18/h4-6,13-14H,2-3,11H2,1H3,(H,12,16). The molecular formula is C10H15N5O3. The number of hydrogen-bond acceptors (Lipinski definition) is 6. The lowest BCUT2D eigenvalue weighted by Crippen LogP contribution is -2.26. The van der Waals surface area contributed by atoms with E-state index >= 15 is 0 Å². The van der Waals surface area contributed by atoms with E-state index < -0.39 is 4.92 Å². The van der Waals surface area contributed by atoms with Gasteiger partial charge in [-0.3, -0.25) is 20.8 Å². The van der Waals surface area contributed by atoms with Crippen molar-refractivity contribution in [1.29, 1.82) is 0 Å². The zero-order valence-corrected chi connectivity index (χ0v) is 9.90. The minimum atomic E-state index is -0.500. The van der Waals surface area contributed by atoms with Crippen LogP contribution in [0.15, 0.2) is 18.2 Å². The fraction of sp³-hybridized carbons (Fsp3) is 0.300. The van der Waals surface area contributed by atoms with Crippen LogP contribution in [0.3, 0.4) is 0 Å². The van der Waals surface area contributed by atoms with Crippen LogP contribution in [0.1, 0.15) is 6.92 Å². The number of rotatable bonds is 6. The van der Waals surface area contributed by atoms with Crippen molar-refractivity contribution in [3.05, 3.63) is 28.3 Å². The van der Waals surface area contributed by atoms with E-state index in [1.807, 2.05) is 0 Å². The van der Waals surface area contributed by atoms with Crippen LogP contribution < -0.4 is 21.9 Å². The Morgan fingerprint density at radius 2 is 2.00 bits per heavy atom. The molecule has 1 aromatic carbocycles. The topological polar surface area (TPSA) is 122 Å². The van der Waals surface area contributed by atoms with Gasteiger partial charge in [-0.05, 0) is 6.07 Å². The Balaban J connectivity index is 2.66. The molecule has 1 amide bonds. The predicted octanol–water partition coefficient (Wildman–Crippen LogP) is 0.428. The van der Waals surface area contributed by atoms with Crippen molar-refractivity contribution < 1.29 is 9.72 Å². The number of nitro benzene ring substituents is 1. The van der Waals surface area contributed by atoms with Gasteiger partial charge in [0.2, 0.25) is 5.91 Å². The van der Waals surface area contributed by atoms with Gasteiger partial charge in [0.25, 0.3) is 5.69 Å². The Morgan fingerprint density at radius 3 is 2.56 bits per heavy atom. The Morgan fingerprint density at radius 1 is 1.33 bits per heavy atom. The quantitative estimate of drug-likeness (QED) is 0.252. The molecule has 0 atom stereocenters. The summed E-state index contributed by atoms with van der Waals surface area (Å²) in [6.07, 6.45) is 0. The highest BCUT2D eigenvalue weighted by Crippen LogP contribution is 2.23. The SMILES string of the molecule is CC(=O)NCCNc1cc(NN)cc([N+](=O)[O-])c1. The Kier molecular flexibility index (Phi) is 4.88. The lowest BCUT2D eigenvalue weighted by Gasteiger charge is -2.08. The van der Waals surface area contributed by atoms with Gasteiger partial charge < -0.3 is 16.1 Å². The van der Waals surface area contributed by atoms with Crippen LogP contribution in [0.5, 0.6) is 0 Å². The van der Waals surface area contributed by atoms with E-state index in [9.17, 15) is 14.9 Å². The fourth-order valence-corrected chi connectivity index (χ4v) is 1.35. The van der Waals surface area contributed by atoms with Crippen LogP contribution in [0.4, 0.5) is 17.1 Å². The Labute approximate surface area is 104 Å². The van der Waals surface area contributed by atoms with Gasteiger partial charge in [0.1, 0.15) is 0 Å². The third-order valence-corrected chi connectivity index (χ3v) is 2.12. The van der Waals surface area contributed by atoms with E-state index in [2.05, 4.69) is 16.1 Å². The van der Waals surface area contributed by atoms with E-state index in [1.54, 1.807) is 6.07 Å². The summed E-state index contributed by atoms with van der Waals surface area (Å²) in [5, 5.41) is 16.3. The van der Waals surface area contributed by atoms with Crippen molar-refractivity contribution in [1.82, 2.24) is 5.32 Å². The molecule has 0 aliphatic carbocycles. The monoisotopic (exact) mass is 253 g/mol. The summed E-state index contributed by atoms with van der Waals surface area (Å²) in [5.74, 6) is 5.10. The average Bonchev–Trinajstić information content (AvgIpc) is 2.34. The molecule has 0 aliphatic rings. The van der Waals surface area contributed by atoms with Gasteiger partial charge in [-0.2, -0.15) is 0 Å². The number of amides is 1. The highest BCUT2D eigenvalue weighted by atomic mass is 16.6. The summed E-state index contributed by atoms with van der Waals surface area (Å²) in [6.45, 7) is 2.32. The number of hydrogen-bond donors (Lipinski definition) is 4. The van der Waals surface area contributed by atoms with Gasteiger partial charge >= 0.3 is 0 Å². The number of hydrazine groups is 1. The number of carbonyl (C=O) groups is 1. The molecule has 1 rings (SSSR count). The molecule has 0 heterocycles. The molecule has 0 unspecified atom stereocenters. The van der Waals surface area contributed by atoms with Crippen molar-refractivity contribution >= 4 is 23.0 Å². The van der Waals surface area contributed by atoms with Crippen molar-refractivity contribution in [3.63, 3.8) is 0 Å². The summed E-state index contributed by atoms with van der Waals surface area (Å²) in [5.41, 5.74) is 3.29. The van der Waals surface area contributed by atoms with Gasteiger partial charge in [-0.1, -0.05) is 0 Å². The highest BCUT2D eigenvalue weighted by Gasteiger charge is 2.08. The van der Waals surface area contributed by atoms with Crippen molar-refractivity contribution in [2.24, 2.45) is 5.84 Å². The van der Waals surface area contributed by atoms with E-state index in [4.69, 9.17) is 5.84 Å². The first-order valence-corrected chi connectivity index (χ1v) is 5.27. The number of carbonyl (C=O) groups excluding carboxylic acids is 1. The summed E-state index contributed by atoms with van der Waals surface area (Å²) >= 11 is 0. The maximum absolute atomic E-state index is 10.7. The first kappa shape index (κ1) is 13.7. The molecule has 18 heavy (non-hydrogen) atoms. The zero-order chi connectivity index (χ0) is 13.5. The third kappa shape index (κ3) is 4.26. The first-order valence-electron chi connectivity index (χ1n) is 5.27. The maximum Gasteiger partial charge on any atom is 0.273 e. The summed E-state index contributed by atoms with van der Waals surface area (Å²) in [7, 11) is 0. The van der Waals surface area contributed by atoms with E-state index in [1.165, 1.54) is 19.1 Å². The second-order valence-electron chi connectivity index (χ2n) is 3.58. The first-order chi connectivity index (χ1) is 8.52. The van der Waals surface area contributed by atoms with Crippen LogP contribution >= 0.6 is 0 Å². The molecule has 8 heteroatoms. The summed E-state index contributed by atoms with van der Waals surface area (Å²) < 4.78 is 0. The Bertz CT molecular complexity index is 449. The molecule has 0 aliphatic heterocycles. The number of nitrogens with one attached hydrogen (secondary N) is 3. The molecule has 0 saturated heterocycles. The average molecular weight is 253 g/mol. The second kappa shape index (κ2) is 6.40. The van der Waals surface area contributed by atoms with Crippen molar-refractivity contribution in [2.75, 3.05) is 23.8 Å². The van der Waals surface area contributed by atoms with Crippen molar-refractivity contribution in [2.45, 2.75) is 6.92 Å². The maximum atomic E-state index is 10.7. The molecule has 5 N–H and O–H groups in total. The molecule has 98 valence electrons. The summed E-state index contributed by atoms with van der Waals surface area (Å²) in [4.78, 5) is 20.8. The molecule has 0 aromatic heterocycles. The summed E-state index contributed by atoms with van der Waals surface area (Å²) in [6, 6.07) is 4.37. The second-order valence-corrected chi connectivity index (χ2v) is 3.58. The highest BCUT2D eigenvalue weighted by molar-refractivity contribution is 5.72. The zero-order valence-electron chi connectivity index (χ0n) is 9.90. The molecule has 8 nitrogen and oxygen atoms in total. The van der Waals surface area contributed by atoms with Gasteiger partial charge in [0.05, 0.1) is 10.6 Å². The molecule has 0 spiro atoms. The van der Waals surface area contributed by atoms with Gasteiger partial charge in [-0.25, -0.2) is 0 Å². The fourth-order valence-electron chi connectivity index (χ4n) is 1.35. The van der Waals surface area contributed by atoms with E-state index in [0.29, 0.717) is 24.5 Å². The molecule has 1 aromatic rings. The minimum absolute atomic E-state index is 0.0625. The van der Waals surface area contributed by atoms with Crippen LogP contribution in [0.25, 0.3) is 0 Å². The van der Waals surface area contributed by atoms with Gasteiger partial charge in [0, 0.05) is 37.8 Å². The minimum Gasteiger partial charge on any atom is -0.383 e. The molecule has 0 bridgehead atoms. The Hall–Kier alpha value is -2.35.